The van der Waals surface area contributed by atoms with Crippen LogP contribution in [0.4, 0.5) is 5.69 Å². The van der Waals surface area contributed by atoms with Crippen molar-refractivity contribution in [2.45, 2.75) is 40.2 Å². The van der Waals surface area contributed by atoms with Crippen molar-refractivity contribution < 1.29 is 4.79 Å². The zero-order valence-electron chi connectivity index (χ0n) is 16.7. The molecule has 1 amide bonds. The second-order valence-electron chi connectivity index (χ2n) is 7.75. The van der Waals surface area contributed by atoms with Crippen LogP contribution in [0, 0.1) is 19.3 Å². The zero-order chi connectivity index (χ0) is 18.7. The Labute approximate surface area is 183 Å². The molecule has 3 N–H and O–H groups in total. The molecule has 0 radical (unpaired) electrons. The number of amides is 1. The lowest BCUT2D eigenvalue weighted by Crippen LogP contribution is -2.31. The normalized spacial score (nSPS) is 19.0. The molecule has 1 aromatic heterocycles. The van der Waals surface area contributed by atoms with Gasteiger partial charge in [-0.1, -0.05) is 19.1 Å². The summed E-state index contributed by atoms with van der Waals surface area (Å²) in [5.74, 6) is -0.0171. The molecule has 1 aromatic carbocycles. The Bertz CT molecular complexity index is 798. The molecular formula is C20H30Cl2N4OS. The van der Waals surface area contributed by atoms with Crippen LogP contribution in [0.5, 0.6) is 0 Å². The minimum Gasteiger partial charge on any atom is -0.330 e. The van der Waals surface area contributed by atoms with Gasteiger partial charge in [-0.2, -0.15) is 0 Å². The van der Waals surface area contributed by atoms with Gasteiger partial charge in [-0.3, -0.25) is 9.69 Å². The van der Waals surface area contributed by atoms with Gasteiger partial charge in [-0.15, -0.1) is 36.2 Å². The van der Waals surface area contributed by atoms with Gasteiger partial charge in [0.05, 0.1) is 12.1 Å². The first-order chi connectivity index (χ1) is 12.4. The fraction of sp³-hybridized carbons (Fsp3) is 0.500. The number of carbonyl (C=O) groups is 1. The smallest absolute Gasteiger partial charge is 0.231 e. The van der Waals surface area contributed by atoms with E-state index in [1.807, 2.05) is 32.0 Å². The molecule has 1 unspecified atom stereocenters. The molecule has 0 spiro atoms. The summed E-state index contributed by atoms with van der Waals surface area (Å²) in [5.41, 5.74) is 10.2. The highest BCUT2D eigenvalue weighted by atomic mass is 35.5. The quantitative estimate of drug-likeness (QED) is 0.706. The summed E-state index contributed by atoms with van der Waals surface area (Å²) < 4.78 is 0. The molecule has 2 heterocycles. The van der Waals surface area contributed by atoms with Crippen molar-refractivity contribution in [1.29, 1.82) is 0 Å². The molecule has 0 aliphatic carbocycles. The van der Waals surface area contributed by atoms with Crippen LogP contribution in [0.2, 0.25) is 0 Å². The van der Waals surface area contributed by atoms with E-state index in [1.54, 1.807) is 11.3 Å². The maximum Gasteiger partial charge on any atom is 0.231 e. The molecular weight excluding hydrogens is 415 g/mol. The number of likely N-dealkylation sites (tertiary alicyclic amines) is 1. The fourth-order valence-corrected chi connectivity index (χ4v) is 4.15. The minimum atomic E-state index is -0.0171. The van der Waals surface area contributed by atoms with Crippen LogP contribution in [0.1, 0.15) is 35.2 Å². The van der Waals surface area contributed by atoms with Crippen LogP contribution in [-0.2, 0) is 17.8 Å². The van der Waals surface area contributed by atoms with Gasteiger partial charge in [0, 0.05) is 24.2 Å². The highest BCUT2D eigenvalue weighted by molar-refractivity contribution is 7.09. The molecule has 8 heteroatoms. The van der Waals surface area contributed by atoms with Gasteiger partial charge in [0.2, 0.25) is 5.91 Å². The Morgan fingerprint density at radius 2 is 2.11 bits per heavy atom. The average molecular weight is 445 g/mol. The van der Waals surface area contributed by atoms with E-state index < -0.39 is 0 Å². The van der Waals surface area contributed by atoms with E-state index in [-0.39, 0.29) is 36.1 Å². The molecule has 1 aliphatic heterocycles. The third kappa shape index (κ3) is 6.42. The Hall–Kier alpha value is -1.18. The lowest BCUT2D eigenvalue weighted by atomic mass is 9.90. The van der Waals surface area contributed by atoms with Crippen molar-refractivity contribution in [3.8, 4) is 0 Å². The van der Waals surface area contributed by atoms with Crippen molar-refractivity contribution >= 4 is 47.7 Å². The summed E-state index contributed by atoms with van der Waals surface area (Å²) in [5, 5.41) is 5.94. The number of nitrogens with two attached hydrogens (primary N) is 1. The fourth-order valence-electron chi connectivity index (χ4n) is 3.36. The van der Waals surface area contributed by atoms with E-state index in [1.165, 1.54) is 0 Å². The Morgan fingerprint density at radius 3 is 2.79 bits per heavy atom. The molecule has 1 atom stereocenters. The number of aryl methyl sites for hydroxylation is 2. The second-order valence-corrected chi connectivity index (χ2v) is 8.69. The number of aromatic nitrogens is 1. The Kier molecular flexibility index (Phi) is 9.37. The van der Waals surface area contributed by atoms with Crippen LogP contribution >= 0.6 is 36.2 Å². The molecule has 28 heavy (non-hydrogen) atoms. The highest BCUT2D eigenvalue weighted by Crippen LogP contribution is 2.29. The first-order valence-corrected chi connectivity index (χ1v) is 9.98. The maximum atomic E-state index is 12.4. The van der Waals surface area contributed by atoms with E-state index in [4.69, 9.17) is 5.73 Å². The predicted octanol–water partition coefficient (Wildman–Crippen LogP) is 3.96. The third-order valence-electron chi connectivity index (χ3n) is 5.09. The van der Waals surface area contributed by atoms with E-state index in [0.717, 1.165) is 60.1 Å². The average Bonchev–Trinajstić information content (AvgIpc) is 3.18. The SMILES string of the molecule is Cc1ccc(C)c(NC(=O)Cc2nc(CN3CCC(C)(CN)C3)cs2)c1.Cl.Cl. The number of hydrogen-bond donors (Lipinski definition) is 2. The molecule has 156 valence electrons. The van der Waals surface area contributed by atoms with Gasteiger partial charge in [-0.05, 0) is 56.0 Å². The van der Waals surface area contributed by atoms with Crippen molar-refractivity contribution in [1.82, 2.24) is 9.88 Å². The van der Waals surface area contributed by atoms with Gasteiger partial charge >= 0.3 is 0 Å². The summed E-state index contributed by atoms with van der Waals surface area (Å²) in [4.78, 5) is 19.4. The van der Waals surface area contributed by atoms with Gasteiger partial charge in [0.15, 0.2) is 0 Å². The van der Waals surface area contributed by atoms with E-state index >= 15 is 0 Å². The van der Waals surface area contributed by atoms with Crippen LogP contribution in [0.25, 0.3) is 0 Å². The first-order valence-electron chi connectivity index (χ1n) is 9.10. The summed E-state index contributed by atoms with van der Waals surface area (Å²) in [6.45, 7) is 9.92. The van der Waals surface area contributed by atoms with E-state index in [9.17, 15) is 4.79 Å². The largest absolute Gasteiger partial charge is 0.330 e. The number of nitrogens with one attached hydrogen (secondary N) is 1. The summed E-state index contributed by atoms with van der Waals surface area (Å²) in [6, 6.07) is 6.08. The van der Waals surface area contributed by atoms with Crippen LogP contribution in [-0.4, -0.2) is 35.4 Å². The standard InChI is InChI=1S/C20H28N4OS.2ClH/c1-14-4-5-15(2)17(8-14)23-18(25)9-19-22-16(11-26-19)10-24-7-6-20(3,12-21)13-24;;/h4-5,8,11H,6-7,9-10,12-13,21H2,1-3H3,(H,23,25);2*1H. The van der Waals surface area contributed by atoms with Crippen LogP contribution in [0.3, 0.4) is 0 Å². The molecule has 0 bridgehead atoms. The topological polar surface area (TPSA) is 71.2 Å². The highest BCUT2D eigenvalue weighted by Gasteiger charge is 2.32. The lowest BCUT2D eigenvalue weighted by Gasteiger charge is -2.22. The van der Waals surface area contributed by atoms with E-state index in [2.05, 4.69) is 27.5 Å². The molecule has 5 nitrogen and oxygen atoms in total. The number of hydrogen-bond acceptors (Lipinski definition) is 5. The summed E-state index contributed by atoms with van der Waals surface area (Å²) in [7, 11) is 0. The molecule has 1 aliphatic rings. The number of carbonyl (C=O) groups excluding carboxylic acids is 1. The van der Waals surface area contributed by atoms with Gasteiger partial charge in [0.1, 0.15) is 5.01 Å². The van der Waals surface area contributed by atoms with Gasteiger partial charge in [0.25, 0.3) is 0 Å². The van der Waals surface area contributed by atoms with E-state index in [0.29, 0.717) is 6.42 Å². The van der Waals surface area contributed by atoms with Gasteiger partial charge < -0.3 is 11.1 Å². The Balaban J connectivity index is 0.00000196. The first kappa shape index (κ1) is 24.9. The number of anilines is 1. The van der Waals surface area contributed by atoms with Crippen LogP contribution < -0.4 is 11.1 Å². The molecule has 1 saturated heterocycles. The number of thiazole rings is 1. The van der Waals surface area contributed by atoms with Crippen molar-refractivity contribution in [2.75, 3.05) is 25.0 Å². The van der Waals surface area contributed by atoms with Crippen molar-refractivity contribution in [2.24, 2.45) is 11.1 Å². The molecule has 2 aromatic rings. The second kappa shape index (κ2) is 10.6. The minimum absolute atomic E-state index is 0. The maximum absolute atomic E-state index is 12.4. The lowest BCUT2D eigenvalue weighted by molar-refractivity contribution is -0.115. The zero-order valence-corrected chi connectivity index (χ0v) is 19.1. The number of halogens is 2. The van der Waals surface area contributed by atoms with Crippen molar-refractivity contribution in [3.05, 3.63) is 45.4 Å². The van der Waals surface area contributed by atoms with Crippen molar-refractivity contribution in [3.63, 3.8) is 0 Å². The molecule has 3 rings (SSSR count). The number of benzene rings is 1. The van der Waals surface area contributed by atoms with Gasteiger partial charge in [-0.25, -0.2) is 4.98 Å². The van der Waals surface area contributed by atoms with Crippen LogP contribution in [0.15, 0.2) is 23.6 Å². The Morgan fingerprint density at radius 1 is 1.36 bits per heavy atom. The molecule has 1 fully saturated rings. The molecule has 0 saturated carbocycles. The number of rotatable bonds is 6. The number of nitrogens with zero attached hydrogens (tertiary/aromatic N) is 2. The predicted molar refractivity (Wildman–Crippen MR) is 122 cm³/mol. The summed E-state index contributed by atoms with van der Waals surface area (Å²) in [6.07, 6.45) is 1.46. The summed E-state index contributed by atoms with van der Waals surface area (Å²) >= 11 is 1.56. The monoisotopic (exact) mass is 444 g/mol. The third-order valence-corrected chi connectivity index (χ3v) is 5.99.